The Bertz CT molecular complexity index is 647. The number of carbonyl (C=O) groups is 2. The van der Waals surface area contributed by atoms with Crippen LogP contribution < -0.4 is 31.4 Å². The third kappa shape index (κ3) is 5.79. The molecule has 0 radical (unpaired) electrons. The van der Waals surface area contributed by atoms with Crippen LogP contribution in [0.3, 0.4) is 0 Å². The average Bonchev–Trinajstić information content (AvgIpc) is 3.10. The summed E-state index contributed by atoms with van der Waals surface area (Å²) in [6.07, 6.45) is 4.55. The summed E-state index contributed by atoms with van der Waals surface area (Å²) in [6, 6.07) is 4.94. The molecule has 1 aromatic carbocycles. The lowest BCUT2D eigenvalue weighted by molar-refractivity contribution is -0.119. The van der Waals surface area contributed by atoms with Crippen molar-refractivity contribution in [2.24, 2.45) is 5.73 Å². The third-order valence-electron chi connectivity index (χ3n) is 3.78. The van der Waals surface area contributed by atoms with Gasteiger partial charge in [0, 0.05) is 11.6 Å². The Morgan fingerprint density at radius 1 is 1.24 bits per heavy atom. The molecule has 0 aliphatic heterocycles. The van der Waals surface area contributed by atoms with E-state index in [1.165, 1.54) is 32.1 Å². The molecule has 1 fully saturated rings. The molecule has 9 heteroatoms. The van der Waals surface area contributed by atoms with Crippen LogP contribution in [0.2, 0.25) is 0 Å². The van der Waals surface area contributed by atoms with E-state index in [4.69, 9.17) is 27.4 Å². The molecule has 0 atom stereocenters. The molecule has 0 saturated heterocycles. The fraction of sp³-hybridized carbons (Fsp3) is 0.438. The van der Waals surface area contributed by atoms with Gasteiger partial charge in [-0.1, -0.05) is 12.8 Å². The highest BCUT2D eigenvalue weighted by atomic mass is 32.1. The first-order valence-electron chi connectivity index (χ1n) is 7.95. The number of hydrazine groups is 1. The Kier molecular flexibility index (Phi) is 6.81. The summed E-state index contributed by atoms with van der Waals surface area (Å²) >= 11 is 5.16. The smallest absolute Gasteiger partial charge is 0.269 e. The van der Waals surface area contributed by atoms with Gasteiger partial charge in [-0.2, -0.15) is 0 Å². The molecule has 25 heavy (non-hydrogen) atoms. The molecule has 0 aromatic heterocycles. The highest BCUT2D eigenvalue weighted by Gasteiger charge is 2.16. The van der Waals surface area contributed by atoms with Crippen molar-refractivity contribution in [3.05, 3.63) is 23.8 Å². The number of rotatable bonds is 6. The summed E-state index contributed by atoms with van der Waals surface area (Å²) in [6.45, 7) is -0.273. The van der Waals surface area contributed by atoms with Gasteiger partial charge in [0.2, 0.25) is 0 Å². The molecule has 1 aromatic rings. The fourth-order valence-corrected chi connectivity index (χ4v) is 2.77. The van der Waals surface area contributed by atoms with Crippen molar-refractivity contribution in [1.82, 2.24) is 16.2 Å². The van der Waals surface area contributed by atoms with Gasteiger partial charge in [-0.3, -0.25) is 20.4 Å². The summed E-state index contributed by atoms with van der Waals surface area (Å²) in [4.78, 5) is 23.0. The molecule has 1 aliphatic carbocycles. The van der Waals surface area contributed by atoms with Crippen LogP contribution in [0.5, 0.6) is 11.5 Å². The summed E-state index contributed by atoms with van der Waals surface area (Å²) in [5.74, 6) is -0.337. The Hall–Kier alpha value is -2.55. The van der Waals surface area contributed by atoms with Crippen molar-refractivity contribution in [3.8, 4) is 11.5 Å². The number of hydrogen-bond donors (Lipinski definition) is 4. The van der Waals surface area contributed by atoms with Crippen molar-refractivity contribution in [3.63, 3.8) is 0 Å². The van der Waals surface area contributed by atoms with Gasteiger partial charge in [0.25, 0.3) is 11.8 Å². The summed E-state index contributed by atoms with van der Waals surface area (Å²) in [5.41, 5.74) is 10.6. The topological polar surface area (TPSA) is 115 Å². The minimum absolute atomic E-state index is 0.273. The van der Waals surface area contributed by atoms with Gasteiger partial charge in [-0.25, -0.2) is 0 Å². The lowest BCUT2D eigenvalue weighted by Crippen LogP contribution is -2.49. The van der Waals surface area contributed by atoms with Gasteiger partial charge in [-0.05, 0) is 43.3 Å². The van der Waals surface area contributed by atoms with E-state index in [1.54, 1.807) is 6.07 Å². The normalized spacial score (nSPS) is 13.8. The zero-order valence-corrected chi connectivity index (χ0v) is 14.8. The molecule has 2 rings (SSSR count). The quantitative estimate of drug-likeness (QED) is 0.431. The van der Waals surface area contributed by atoms with Crippen LogP contribution in [-0.2, 0) is 4.79 Å². The first kappa shape index (κ1) is 18.8. The predicted molar refractivity (Wildman–Crippen MR) is 96.3 cm³/mol. The number of ether oxygens (including phenoxy) is 2. The Morgan fingerprint density at radius 3 is 2.60 bits per heavy atom. The number of methoxy groups -OCH3 is 1. The highest BCUT2D eigenvalue weighted by molar-refractivity contribution is 7.80. The number of amides is 2. The van der Waals surface area contributed by atoms with E-state index in [1.807, 2.05) is 0 Å². The number of nitrogens with one attached hydrogen (secondary N) is 3. The molecule has 0 unspecified atom stereocenters. The van der Waals surface area contributed by atoms with E-state index in [9.17, 15) is 9.59 Å². The summed E-state index contributed by atoms with van der Waals surface area (Å²) in [5, 5.41) is 3.54. The van der Waals surface area contributed by atoms with Crippen LogP contribution in [-0.4, -0.2) is 36.7 Å². The van der Waals surface area contributed by atoms with E-state index in [0.717, 1.165) is 12.8 Å². The van der Waals surface area contributed by atoms with Gasteiger partial charge in [0.1, 0.15) is 0 Å². The van der Waals surface area contributed by atoms with Gasteiger partial charge in [0.15, 0.2) is 23.2 Å². The molecule has 0 bridgehead atoms. The van der Waals surface area contributed by atoms with Gasteiger partial charge < -0.3 is 20.5 Å². The fourth-order valence-electron chi connectivity index (χ4n) is 2.55. The molecule has 2 amide bonds. The Morgan fingerprint density at radius 2 is 1.96 bits per heavy atom. The molecule has 1 saturated carbocycles. The van der Waals surface area contributed by atoms with E-state index in [-0.39, 0.29) is 12.5 Å². The second-order valence-electron chi connectivity index (χ2n) is 5.65. The van der Waals surface area contributed by atoms with E-state index >= 15 is 0 Å². The van der Waals surface area contributed by atoms with E-state index in [0.29, 0.717) is 28.2 Å². The van der Waals surface area contributed by atoms with E-state index < -0.39 is 5.91 Å². The van der Waals surface area contributed by atoms with Crippen molar-refractivity contribution in [2.45, 2.75) is 31.7 Å². The number of thiocarbonyl (C=S) groups is 1. The molecule has 8 nitrogen and oxygen atoms in total. The number of primary amides is 1. The molecular weight excluding hydrogens is 344 g/mol. The number of carbonyl (C=O) groups excluding carboxylic acids is 2. The van der Waals surface area contributed by atoms with Gasteiger partial charge in [0.05, 0.1) is 7.11 Å². The van der Waals surface area contributed by atoms with Crippen LogP contribution in [0.15, 0.2) is 18.2 Å². The first-order valence-corrected chi connectivity index (χ1v) is 8.36. The Labute approximate surface area is 151 Å². The third-order valence-corrected chi connectivity index (χ3v) is 4.00. The van der Waals surface area contributed by atoms with Crippen molar-refractivity contribution >= 4 is 29.1 Å². The SMILES string of the molecule is COc1cc(C(=O)NNC(=S)NC2CCCC2)ccc1OCC(N)=O. The van der Waals surface area contributed by atoms with Crippen molar-refractivity contribution in [1.29, 1.82) is 0 Å². The lowest BCUT2D eigenvalue weighted by atomic mass is 10.2. The zero-order chi connectivity index (χ0) is 18.2. The molecule has 5 N–H and O–H groups in total. The molecule has 0 heterocycles. The van der Waals surface area contributed by atoms with Crippen LogP contribution in [0.25, 0.3) is 0 Å². The number of nitrogens with two attached hydrogens (primary N) is 1. The Balaban J connectivity index is 1.89. The lowest BCUT2D eigenvalue weighted by Gasteiger charge is -2.16. The monoisotopic (exact) mass is 366 g/mol. The van der Waals surface area contributed by atoms with Crippen LogP contribution >= 0.6 is 12.2 Å². The van der Waals surface area contributed by atoms with Crippen molar-refractivity contribution < 1.29 is 19.1 Å². The maximum Gasteiger partial charge on any atom is 0.269 e. The number of benzene rings is 1. The van der Waals surface area contributed by atoms with Crippen molar-refractivity contribution in [2.75, 3.05) is 13.7 Å². The average molecular weight is 366 g/mol. The second kappa shape index (κ2) is 9.07. The first-order chi connectivity index (χ1) is 12.0. The molecule has 1 aliphatic rings. The summed E-state index contributed by atoms with van der Waals surface area (Å²) in [7, 11) is 1.44. The van der Waals surface area contributed by atoms with E-state index in [2.05, 4.69) is 16.2 Å². The zero-order valence-electron chi connectivity index (χ0n) is 14.0. The second-order valence-corrected chi connectivity index (χ2v) is 6.06. The molecular formula is C16H22N4O4S. The van der Waals surface area contributed by atoms with Crippen LogP contribution in [0.4, 0.5) is 0 Å². The van der Waals surface area contributed by atoms with Gasteiger partial charge in [-0.15, -0.1) is 0 Å². The maximum atomic E-state index is 12.2. The largest absolute Gasteiger partial charge is 0.493 e. The highest BCUT2D eigenvalue weighted by Crippen LogP contribution is 2.27. The number of hydrogen-bond acceptors (Lipinski definition) is 5. The summed E-state index contributed by atoms with van der Waals surface area (Å²) < 4.78 is 10.4. The van der Waals surface area contributed by atoms with Crippen LogP contribution in [0, 0.1) is 0 Å². The van der Waals surface area contributed by atoms with Gasteiger partial charge >= 0.3 is 0 Å². The molecule has 136 valence electrons. The minimum Gasteiger partial charge on any atom is -0.493 e. The minimum atomic E-state index is -0.601. The standard InChI is InChI=1S/C16H22N4O4S/c1-23-13-8-10(6-7-12(13)24-9-14(17)21)15(22)19-20-16(25)18-11-4-2-3-5-11/h6-8,11H,2-5,9H2,1H3,(H2,17,21)(H,19,22)(H2,18,20,25). The maximum absolute atomic E-state index is 12.2. The molecule has 0 spiro atoms. The van der Waals surface area contributed by atoms with Crippen LogP contribution in [0.1, 0.15) is 36.0 Å². The predicted octanol–water partition coefficient (Wildman–Crippen LogP) is 0.611.